The third-order valence-corrected chi connectivity index (χ3v) is 8.51. The summed E-state index contributed by atoms with van der Waals surface area (Å²) in [7, 11) is 0. The van der Waals surface area contributed by atoms with E-state index < -0.39 is 16.2 Å². The maximum absolute atomic E-state index is 13.9. The van der Waals surface area contributed by atoms with E-state index in [9.17, 15) is 9.59 Å². The van der Waals surface area contributed by atoms with Crippen LogP contribution in [0.25, 0.3) is 0 Å². The fourth-order valence-electron chi connectivity index (χ4n) is 5.74. The number of alkyl halides is 1. The third-order valence-electron chi connectivity index (χ3n) is 6.93. The number of amides is 2. The molecule has 0 spiro atoms. The first-order chi connectivity index (χ1) is 14.4. The van der Waals surface area contributed by atoms with Crippen molar-refractivity contribution < 1.29 is 9.59 Å². The van der Waals surface area contributed by atoms with E-state index in [1.807, 2.05) is 37.3 Å². The number of hydrogen-bond donors (Lipinski definition) is 0. The Morgan fingerprint density at radius 3 is 2.13 bits per heavy atom. The molecule has 2 bridgehead atoms. The highest BCUT2D eigenvalue weighted by Gasteiger charge is 2.67. The zero-order valence-electron chi connectivity index (χ0n) is 16.1. The molecule has 4 aliphatic rings. The van der Waals surface area contributed by atoms with E-state index in [2.05, 4.69) is 40.2 Å². The van der Waals surface area contributed by atoms with Crippen LogP contribution < -0.4 is 4.90 Å². The molecular formula is C25H17BrClNO2. The average molecular weight is 479 g/mol. The molecule has 3 nitrogen and oxygen atoms in total. The fraction of sp³-hybridized carbons (Fsp3) is 0.200. The second-order valence-corrected chi connectivity index (χ2v) is 10.00. The van der Waals surface area contributed by atoms with Gasteiger partial charge in [0.25, 0.3) is 0 Å². The Labute approximate surface area is 187 Å². The molecule has 5 heteroatoms. The van der Waals surface area contributed by atoms with Crippen molar-refractivity contribution in [3.05, 3.63) is 99.6 Å². The largest absolute Gasteiger partial charge is 0.274 e. The summed E-state index contributed by atoms with van der Waals surface area (Å²) in [5.41, 5.74) is 5.85. The van der Waals surface area contributed by atoms with E-state index in [4.69, 9.17) is 11.6 Å². The van der Waals surface area contributed by atoms with Crippen molar-refractivity contribution in [1.82, 2.24) is 0 Å². The molecule has 3 aromatic carbocycles. The number of carbonyl (C=O) groups excluding carboxylic acids is 2. The van der Waals surface area contributed by atoms with Crippen LogP contribution in [0.1, 0.15) is 33.7 Å². The van der Waals surface area contributed by atoms with Crippen LogP contribution in [0.4, 0.5) is 5.69 Å². The molecule has 2 atom stereocenters. The highest BCUT2D eigenvalue weighted by molar-refractivity contribution is 9.09. The van der Waals surface area contributed by atoms with Crippen molar-refractivity contribution in [3.8, 4) is 0 Å². The summed E-state index contributed by atoms with van der Waals surface area (Å²) in [5, 5.41) is 0.508. The molecule has 0 unspecified atom stereocenters. The lowest BCUT2D eigenvalue weighted by molar-refractivity contribution is -0.122. The summed E-state index contributed by atoms with van der Waals surface area (Å²) in [6, 6.07) is 21.7. The van der Waals surface area contributed by atoms with Gasteiger partial charge in [-0.3, -0.25) is 9.59 Å². The first-order valence-electron chi connectivity index (χ1n) is 9.96. The Morgan fingerprint density at radius 1 is 0.900 bits per heavy atom. The molecule has 148 valence electrons. The van der Waals surface area contributed by atoms with Gasteiger partial charge in [0.15, 0.2) is 0 Å². The standard InChI is InChI=1S/C25H17BrClNO2/c1-13-10-11-14(27)12-19(13)28-23(29)21-20-15-6-2-4-8-17(15)25(26,22(21)24(28)30)18-9-5-3-7-16(18)20/h2-12,20-22H,1H3/t20?,21-,22+,25?/m0/s1. The first-order valence-corrected chi connectivity index (χ1v) is 11.1. The highest BCUT2D eigenvalue weighted by Crippen LogP contribution is 2.66. The van der Waals surface area contributed by atoms with Crippen molar-refractivity contribution in [2.24, 2.45) is 11.8 Å². The van der Waals surface area contributed by atoms with Crippen molar-refractivity contribution in [2.45, 2.75) is 17.2 Å². The van der Waals surface area contributed by atoms with Gasteiger partial charge in [-0.2, -0.15) is 0 Å². The lowest BCUT2D eigenvalue weighted by Crippen LogP contribution is -2.50. The quantitative estimate of drug-likeness (QED) is 0.340. The fourth-order valence-corrected chi connectivity index (χ4v) is 7.11. The molecule has 7 rings (SSSR count). The molecule has 3 aromatic rings. The summed E-state index contributed by atoms with van der Waals surface area (Å²) in [5.74, 6) is -1.39. The van der Waals surface area contributed by atoms with Gasteiger partial charge in [0.1, 0.15) is 0 Å². The van der Waals surface area contributed by atoms with Crippen molar-refractivity contribution in [2.75, 3.05) is 4.90 Å². The monoisotopic (exact) mass is 477 g/mol. The van der Waals surface area contributed by atoms with Crippen LogP contribution in [0.3, 0.4) is 0 Å². The molecule has 2 amide bonds. The van der Waals surface area contributed by atoms with Crippen molar-refractivity contribution in [3.63, 3.8) is 0 Å². The van der Waals surface area contributed by atoms with E-state index in [0.717, 1.165) is 27.8 Å². The molecule has 0 radical (unpaired) electrons. The Morgan fingerprint density at radius 2 is 1.50 bits per heavy atom. The van der Waals surface area contributed by atoms with Gasteiger partial charge in [0.2, 0.25) is 11.8 Å². The van der Waals surface area contributed by atoms with Crippen LogP contribution in [0.2, 0.25) is 5.02 Å². The number of halogens is 2. The zero-order valence-corrected chi connectivity index (χ0v) is 18.4. The van der Waals surface area contributed by atoms with E-state index in [0.29, 0.717) is 10.7 Å². The number of carbonyl (C=O) groups is 2. The molecule has 1 saturated heterocycles. The molecule has 0 saturated carbocycles. The van der Waals surface area contributed by atoms with Gasteiger partial charge in [-0.15, -0.1) is 0 Å². The maximum atomic E-state index is 13.9. The molecule has 0 N–H and O–H groups in total. The Bertz CT molecular complexity index is 1220. The van der Waals surface area contributed by atoms with Gasteiger partial charge >= 0.3 is 0 Å². The number of aryl methyl sites for hydroxylation is 1. The van der Waals surface area contributed by atoms with Gasteiger partial charge in [0, 0.05) is 10.9 Å². The van der Waals surface area contributed by atoms with Crippen LogP contribution in [-0.2, 0) is 13.9 Å². The number of rotatable bonds is 1. The number of anilines is 1. The minimum atomic E-state index is -0.729. The normalized spacial score (nSPS) is 28.4. The van der Waals surface area contributed by atoms with E-state index in [1.54, 1.807) is 12.1 Å². The van der Waals surface area contributed by atoms with E-state index in [1.165, 1.54) is 4.90 Å². The Hall–Kier alpha value is -2.43. The van der Waals surface area contributed by atoms with Crippen LogP contribution in [0, 0.1) is 18.8 Å². The molecular weight excluding hydrogens is 462 g/mol. The summed E-state index contributed by atoms with van der Waals surface area (Å²) < 4.78 is -0.729. The van der Waals surface area contributed by atoms with Gasteiger partial charge in [0.05, 0.1) is 21.8 Å². The lowest BCUT2D eigenvalue weighted by atomic mass is 9.55. The number of hydrogen-bond acceptors (Lipinski definition) is 2. The van der Waals surface area contributed by atoms with Gasteiger partial charge in [-0.1, -0.05) is 82.1 Å². The number of nitrogens with zero attached hydrogens (tertiary/aromatic N) is 1. The average Bonchev–Trinajstić information content (AvgIpc) is 3.02. The molecule has 1 fully saturated rings. The van der Waals surface area contributed by atoms with Crippen LogP contribution in [0.15, 0.2) is 66.7 Å². The van der Waals surface area contributed by atoms with Crippen LogP contribution in [0.5, 0.6) is 0 Å². The molecule has 30 heavy (non-hydrogen) atoms. The molecule has 0 aromatic heterocycles. The van der Waals surface area contributed by atoms with E-state index in [-0.39, 0.29) is 17.7 Å². The lowest BCUT2D eigenvalue weighted by Gasteiger charge is -2.51. The summed E-state index contributed by atoms with van der Waals surface area (Å²) in [6.45, 7) is 1.90. The SMILES string of the molecule is Cc1ccc(Cl)cc1N1C(=O)[C@H]2C3c4ccccc4C(Br)(c4ccccc43)[C@H]2C1=O. The Balaban J connectivity index is 1.63. The summed E-state index contributed by atoms with van der Waals surface area (Å²) in [6.07, 6.45) is 0. The van der Waals surface area contributed by atoms with Gasteiger partial charge in [-0.05, 0) is 46.9 Å². The maximum Gasteiger partial charge on any atom is 0.239 e. The molecule has 1 aliphatic heterocycles. The Kier molecular flexibility index (Phi) is 3.70. The summed E-state index contributed by atoms with van der Waals surface area (Å²) >= 11 is 10.2. The van der Waals surface area contributed by atoms with Crippen molar-refractivity contribution in [1.29, 1.82) is 0 Å². The van der Waals surface area contributed by atoms with Gasteiger partial charge in [-0.25, -0.2) is 4.90 Å². The van der Waals surface area contributed by atoms with Crippen LogP contribution >= 0.6 is 27.5 Å². The second kappa shape index (κ2) is 6.05. The minimum Gasteiger partial charge on any atom is -0.274 e. The predicted octanol–water partition coefficient (Wildman–Crippen LogP) is 5.55. The number of benzene rings is 3. The van der Waals surface area contributed by atoms with Crippen LogP contribution in [-0.4, -0.2) is 11.8 Å². The smallest absolute Gasteiger partial charge is 0.239 e. The minimum absolute atomic E-state index is 0.136. The summed E-state index contributed by atoms with van der Waals surface area (Å²) in [4.78, 5) is 29.0. The van der Waals surface area contributed by atoms with Crippen molar-refractivity contribution >= 4 is 45.0 Å². The van der Waals surface area contributed by atoms with Gasteiger partial charge < -0.3 is 0 Å². The third kappa shape index (κ3) is 2.06. The second-order valence-electron chi connectivity index (χ2n) is 8.31. The predicted molar refractivity (Wildman–Crippen MR) is 120 cm³/mol. The first kappa shape index (κ1) is 18.3. The highest BCUT2D eigenvalue weighted by atomic mass is 79.9. The molecule has 1 heterocycles. The topological polar surface area (TPSA) is 37.4 Å². The molecule has 3 aliphatic carbocycles. The van der Waals surface area contributed by atoms with E-state index >= 15 is 0 Å². The number of imide groups is 1. The zero-order chi connectivity index (χ0) is 20.8.